The summed E-state index contributed by atoms with van der Waals surface area (Å²) >= 11 is 0. The first-order valence-electron chi connectivity index (χ1n) is 7.37. The molecule has 0 radical (unpaired) electrons. The highest BCUT2D eigenvalue weighted by Gasteiger charge is 2.20. The topological polar surface area (TPSA) is 32.3 Å². The van der Waals surface area contributed by atoms with Crippen molar-refractivity contribution in [2.45, 2.75) is 31.5 Å². The van der Waals surface area contributed by atoms with E-state index in [1.54, 1.807) is 0 Å². The number of rotatable bonds is 7. The Morgan fingerprint density at radius 1 is 1.00 bits per heavy atom. The van der Waals surface area contributed by atoms with Crippen LogP contribution in [0.3, 0.4) is 0 Å². The highest BCUT2D eigenvalue weighted by molar-refractivity contribution is 5.21. The summed E-state index contributed by atoms with van der Waals surface area (Å²) < 4.78 is 0. The molecule has 2 heteroatoms. The predicted octanol–water partition coefficient (Wildman–Crippen LogP) is 4.02. The summed E-state index contributed by atoms with van der Waals surface area (Å²) in [5.74, 6) is 0. The van der Waals surface area contributed by atoms with Gasteiger partial charge in [0.15, 0.2) is 0 Å². The Morgan fingerprint density at radius 2 is 1.52 bits per heavy atom. The van der Waals surface area contributed by atoms with Crippen molar-refractivity contribution >= 4 is 0 Å². The lowest BCUT2D eigenvalue weighted by Gasteiger charge is -2.26. The molecule has 0 aliphatic heterocycles. The quantitative estimate of drug-likeness (QED) is 0.751. The smallest absolute Gasteiger partial charge is 0.0940 e. The minimum absolute atomic E-state index is 0.0439. The van der Waals surface area contributed by atoms with Gasteiger partial charge in [-0.25, -0.2) is 0 Å². The maximum absolute atomic E-state index is 10.5. The molecule has 2 aromatic rings. The Balaban J connectivity index is 2.08. The van der Waals surface area contributed by atoms with Gasteiger partial charge in [0, 0.05) is 12.1 Å². The van der Waals surface area contributed by atoms with E-state index in [1.807, 2.05) is 61.5 Å². The molecule has 0 aromatic heterocycles. The van der Waals surface area contributed by atoms with Crippen LogP contribution in [0.15, 0.2) is 73.3 Å². The van der Waals surface area contributed by atoms with Crippen molar-refractivity contribution in [3.8, 4) is 0 Å². The Hall–Kier alpha value is -1.90. The zero-order valence-electron chi connectivity index (χ0n) is 12.4. The number of aliphatic hydroxyl groups is 1. The largest absolute Gasteiger partial charge is 0.387 e. The van der Waals surface area contributed by atoms with Crippen LogP contribution >= 0.6 is 0 Å². The standard InChI is InChI=1S/C19H23NO/c1-3-10-18(16-11-6-4-7-12-16)20-15(2)19(21)17-13-8-5-9-14-17/h3-9,11-15,18-21H,1,10H2,2H3/t15-,18-,19-/m0/s1. The second-order valence-corrected chi connectivity index (χ2v) is 5.30. The third-order valence-electron chi connectivity index (χ3n) is 3.68. The molecule has 21 heavy (non-hydrogen) atoms. The number of nitrogens with one attached hydrogen (secondary N) is 1. The molecule has 2 rings (SSSR count). The SMILES string of the molecule is C=CC[C@H](N[C@@H](C)[C@H](O)c1ccccc1)c1ccccc1. The van der Waals surface area contributed by atoms with E-state index in [-0.39, 0.29) is 12.1 Å². The van der Waals surface area contributed by atoms with E-state index < -0.39 is 6.10 Å². The molecular formula is C19H23NO. The summed E-state index contributed by atoms with van der Waals surface area (Å²) in [6.07, 6.45) is 2.21. The summed E-state index contributed by atoms with van der Waals surface area (Å²) in [5.41, 5.74) is 2.15. The second kappa shape index (κ2) is 7.77. The molecule has 0 spiro atoms. The molecule has 110 valence electrons. The Morgan fingerprint density at radius 3 is 2.05 bits per heavy atom. The molecule has 2 N–H and O–H groups in total. The summed E-state index contributed by atoms with van der Waals surface area (Å²) in [6.45, 7) is 5.84. The van der Waals surface area contributed by atoms with Crippen molar-refractivity contribution in [2.75, 3.05) is 0 Å². The van der Waals surface area contributed by atoms with E-state index in [1.165, 1.54) is 5.56 Å². The Labute approximate surface area is 127 Å². The van der Waals surface area contributed by atoms with E-state index in [0.717, 1.165) is 12.0 Å². The van der Waals surface area contributed by atoms with Crippen molar-refractivity contribution in [1.82, 2.24) is 5.32 Å². The number of benzene rings is 2. The van der Waals surface area contributed by atoms with Crippen LogP contribution in [-0.2, 0) is 0 Å². The number of aliphatic hydroxyl groups excluding tert-OH is 1. The fourth-order valence-electron chi connectivity index (χ4n) is 2.50. The molecule has 0 saturated carbocycles. The van der Waals surface area contributed by atoms with Gasteiger partial charge in [-0.2, -0.15) is 0 Å². The zero-order valence-corrected chi connectivity index (χ0v) is 12.4. The van der Waals surface area contributed by atoms with Crippen molar-refractivity contribution in [3.63, 3.8) is 0 Å². The molecule has 0 saturated heterocycles. The van der Waals surface area contributed by atoms with Gasteiger partial charge in [0.25, 0.3) is 0 Å². The van der Waals surface area contributed by atoms with Crippen LogP contribution in [0, 0.1) is 0 Å². The average molecular weight is 281 g/mol. The molecule has 0 heterocycles. The molecule has 0 unspecified atom stereocenters. The Kier molecular flexibility index (Phi) is 5.73. The second-order valence-electron chi connectivity index (χ2n) is 5.30. The van der Waals surface area contributed by atoms with Gasteiger partial charge in [0.05, 0.1) is 6.10 Å². The lowest BCUT2D eigenvalue weighted by molar-refractivity contribution is 0.129. The molecule has 2 aromatic carbocycles. The minimum Gasteiger partial charge on any atom is -0.387 e. The van der Waals surface area contributed by atoms with Gasteiger partial charge >= 0.3 is 0 Å². The van der Waals surface area contributed by atoms with E-state index in [9.17, 15) is 5.11 Å². The van der Waals surface area contributed by atoms with Crippen LogP contribution in [-0.4, -0.2) is 11.1 Å². The summed E-state index contributed by atoms with van der Waals surface area (Å²) in [7, 11) is 0. The van der Waals surface area contributed by atoms with E-state index in [4.69, 9.17) is 0 Å². The fourth-order valence-corrected chi connectivity index (χ4v) is 2.50. The summed E-state index contributed by atoms with van der Waals surface area (Å²) in [4.78, 5) is 0. The maximum atomic E-state index is 10.5. The lowest BCUT2D eigenvalue weighted by Crippen LogP contribution is -2.35. The lowest BCUT2D eigenvalue weighted by atomic mass is 9.99. The first-order chi connectivity index (χ1) is 10.2. The fraction of sp³-hybridized carbons (Fsp3) is 0.263. The van der Waals surface area contributed by atoms with Gasteiger partial charge in [0.1, 0.15) is 0 Å². The minimum atomic E-state index is -0.526. The van der Waals surface area contributed by atoms with Gasteiger partial charge in [-0.15, -0.1) is 6.58 Å². The van der Waals surface area contributed by atoms with Crippen molar-refractivity contribution in [3.05, 3.63) is 84.4 Å². The van der Waals surface area contributed by atoms with Crippen molar-refractivity contribution in [1.29, 1.82) is 0 Å². The predicted molar refractivity (Wildman–Crippen MR) is 88.0 cm³/mol. The molecule has 0 aliphatic rings. The molecule has 0 bridgehead atoms. The highest BCUT2D eigenvalue weighted by Crippen LogP contribution is 2.22. The van der Waals surface area contributed by atoms with Crippen LogP contribution in [0.1, 0.15) is 36.6 Å². The van der Waals surface area contributed by atoms with E-state index >= 15 is 0 Å². The van der Waals surface area contributed by atoms with Crippen molar-refractivity contribution in [2.24, 2.45) is 0 Å². The molecule has 2 nitrogen and oxygen atoms in total. The van der Waals surface area contributed by atoms with Gasteiger partial charge in [-0.1, -0.05) is 66.7 Å². The molecule has 3 atom stereocenters. The normalized spacial score (nSPS) is 15.1. The third-order valence-corrected chi connectivity index (χ3v) is 3.68. The molecule has 0 aliphatic carbocycles. The van der Waals surface area contributed by atoms with Gasteiger partial charge in [-0.3, -0.25) is 0 Å². The van der Waals surface area contributed by atoms with Crippen LogP contribution in [0.25, 0.3) is 0 Å². The van der Waals surface area contributed by atoms with Crippen LogP contribution < -0.4 is 5.32 Å². The highest BCUT2D eigenvalue weighted by atomic mass is 16.3. The maximum Gasteiger partial charge on any atom is 0.0940 e. The average Bonchev–Trinajstić information content (AvgIpc) is 2.55. The third kappa shape index (κ3) is 4.28. The Bertz CT molecular complexity index is 538. The van der Waals surface area contributed by atoms with Gasteiger partial charge in [-0.05, 0) is 24.5 Å². The van der Waals surface area contributed by atoms with Crippen LogP contribution in [0.4, 0.5) is 0 Å². The van der Waals surface area contributed by atoms with E-state index in [0.29, 0.717) is 0 Å². The van der Waals surface area contributed by atoms with E-state index in [2.05, 4.69) is 24.0 Å². The zero-order chi connectivity index (χ0) is 15.1. The molecule has 0 fully saturated rings. The van der Waals surface area contributed by atoms with Crippen LogP contribution in [0.5, 0.6) is 0 Å². The number of hydrogen-bond donors (Lipinski definition) is 2. The van der Waals surface area contributed by atoms with Crippen LogP contribution in [0.2, 0.25) is 0 Å². The number of hydrogen-bond acceptors (Lipinski definition) is 2. The molecular weight excluding hydrogens is 258 g/mol. The first-order valence-corrected chi connectivity index (χ1v) is 7.37. The van der Waals surface area contributed by atoms with Crippen molar-refractivity contribution < 1.29 is 5.11 Å². The summed E-state index contributed by atoms with van der Waals surface area (Å²) in [6, 6.07) is 20.2. The molecule has 0 amide bonds. The summed E-state index contributed by atoms with van der Waals surface area (Å²) in [5, 5.41) is 14.0. The monoisotopic (exact) mass is 281 g/mol. The van der Waals surface area contributed by atoms with Gasteiger partial charge in [0.2, 0.25) is 0 Å². The first kappa shape index (κ1) is 15.5. The van der Waals surface area contributed by atoms with Gasteiger partial charge < -0.3 is 10.4 Å².